The van der Waals surface area contributed by atoms with Crippen molar-refractivity contribution in [2.45, 2.75) is 17.7 Å². The lowest BCUT2D eigenvalue weighted by molar-refractivity contribution is -0.117. The van der Waals surface area contributed by atoms with E-state index in [0.717, 1.165) is 0 Å². The number of anilines is 1. The van der Waals surface area contributed by atoms with Gasteiger partial charge in [-0.15, -0.1) is 0 Å². The lowest BCUT2D eigenvalue weighted by atomic mass is 10.3. The molecule has 0 spiro atoms. The number of nitrogens with two attached hydrogens (primary N) is 1. The van der Waals surface area contributed by atoms with E-state index in [2.05, 4.69) is 10.1 Å². The molecular weight excluding hydrogens is 294 g/mol. The van der Waals surface area contributed by atoms with E-state index < -0.39 is 29.0 Å². The monoisotopic (exact) mass is 308 g/mol. The lowest BCUT2D eigenvalue weighted by Crippen LogP contribution is -2.16. The Hall–Kier alpha value is -1.58. The Labute approximate surface area is 115 Å². The molecule has 0 unspecified atom stereocenters. The highest BCUT2D eigenvalue weighted by Gasteiger charge is 2.10. The molecule has 0 atom stereocenters. The molecule has 1 amide bonds. The molecular formula is C11H14F2N2O4S. The van der Waals surface area contributed by atoms with E-state index in [1.54, 1.807) is 0 Å². The van der Waals surface area contributed by atoms with Crippen LogP contribution >= 0.6 is 0 Å². The van der Waals surface area contributed by atoms with Gasteiger partial charge in [0.25, 0.3) is 6.43 Å². The standard InChI is InChI=1S/C11H14F2N2O4S/c12-10(13)7-19-5-4-11(16)15-8-2-1-3-9(6-8)20(14,17)18/h1-3,6,10H,4-5,7H2,(H,15,16)(H2,14,17,18). The van der Waals surface area contributed by atoms with Gasteiger partial charge in [-0.1, -0.05) is 6.07 Å². The lowest BCUT2D eigenvalue weighted by Gasteiger charge is -2.07. The number of carbonyl (C=O) groups excluding carboxylic acids is 1. The van der Waals surface area contributed by atoms with Gasteiger partial charge < -0.3 is 10.1 Å². The molecule has 0 saturated heterocycles. The maximum absolute atomic E-state index is 11.8. The minimum Gasteiger partial charge on any atom is -0.375 e. The van der Waals surface area contributed by atoms with Crippen LogP contribution in [-0.2, 0) is 19.6 Å². The van der Waals surface area contributed by atoms with Crippen LogP contribution in [0.3, 0.4) is 0 Å². The van der Waals surface area contributed by atoms with Crippen LogP contribution in [0.2, 0.25) is 0 Å². The van der Waals surface area contributed by atoms with Gasteiger partial charge in [-0.2, -0.15) is 0 Å². The van der Waals surface area contributed by atoms with Crippen molar-refractivity contribution in [1.82, 2.24) is 0 Å². The fraction of sp³-hybridized carbons (Fsp3) is 0.364. The van der Waals surface area contributed by atoms with Gasteiger partial charge in [0.1, 0.15) is 6.61 Å². The average molecular weight is 308 g/mol. The van der Waals surface area contributed by atoms with Crippen LogP contribution in [0.4, 0.5) is 14.5 Å². The number of ether oxygens (including phenoxy) is 1. The molecule has 1 aromatic carbocycles. The number of carbonyl (C=O) groups is 1. The summed E-state index contributed by atoms with van der Waals surface area (Å²) in [5, 5.41) is 7.37. The summed E-state index contributed by atoms with van der Waals surface area (Å²) < 4.78 is 50.3. The summed E-state index contributed by atoms with van der Waals surface area (Å²) in [5.74, 6) is -0.481. The van der Waals surface area contributed by atoms with Crippen LogP contribution in [0.25, 0.3) is 0 Å². The molecule has 112 valence electrons. The maximum atomic E-state index is 11.8. The van der Waals surface area contributed by atoms with Crippen molar-refractivity contribution in [1.29, 1.82) is 0 Å². The first-order chi connectivity index (χ1) is 9.29. The van der Waals surface area contributed by atoms with E-state index in [1.165, 1.54) is 24.3 Å². The van der Waals surface area contributed by atoms with Crippen LogP contribution in [0.5, 0.6) is 0 Å². The number of halogens is 2. The number of rotatable bonds is 7. The van der Waals surface area contributed by atoms with Crippen molar-refractivity contribution >= 4 is 21.6 Å². The number of sulfonamides is 1. The van der Waals surface area contributed by atoms with E-state index in [1.807, 2.05) is 0 Å². The topological polar surface area (TPSA) is 98.5 Å². The third kappa shape index (κ3) is 6.04. The first kappa shape index (κ1) is 16.5. The summed E-state index contributed by atoms with van der Waals surface area (Å²) in [4.78, 5) is 11.3. The van der Waals surface area contributed by atoms with Crippen molar-refractivity contribution < 1.29 is 26.7 Å². The van der Waals surface area contributed by atoms with E-state index >= 15 is 0 Å². The van der Waals surface area contributed by atoms with Gasteiger partial charge in [0.2, 0.25) is 15.9 Å². The molecule has 0 fully saturated rings. The molecule has 1 aromatic rings. The molecule has 20 heavy (non-hydrogen) atoms. The van der Waals surface area contributed by atoms with Crippen LogP contribution in [0.15, 0.2) is 29.2 Å². The van der Waals surface area contributed by atoms with E-state index in [4.69, 9.17) is 5.14 Å². The third-order valence-corrected chi connectivity index (χ3v) is 3.07. The first-order valence-corrected chi connectivity index (χ1v) is 7.12. The summed E-state index contributed by atoms with van der Waals surface area (Å²) in [6.45, 7) is -0.876. The third-order valence-electron chi connectivity index (χ3n) is 2.16. The number of nitrogens with one attached hydrogen (secondary N) is 1. The summed E-state index contributed by atoms with van der Waals surface area (Å²) in [6.07, 6.45) is -2.70. The van der Waals surface area contributed by atoms with Gasteiger partial charge in [0.05, 0.1) is 17.9 Å². The van der Waals surface area contributed by atoms with Gasteiger partial charge in [0.15, 0.2) is 0 Å². The minimum absolute atomic E-state index is 0.119. The molecule has 0 heterocycles. The average Bonchev–Trinajstić information content (AvgIpc) is 2.34. The fourth-order valence-corrected chi connectivity index (χ4v) is 1.87. The predicted molar refractivity (Wildman–Crippen MR) is 67.9 cm³/mol. The Morgan fingerprint density at radius 1 is 1.40 bits per heavy atom. The SMILES string of the molecule is NS(=O)(=O)c1cccc(NC(=O)CCOCC(F)F)c1. The van der Waals surface area contributed by atoms with Gasteiger partial charge in [-0.05, 0) is 18.2 Å². The number of amides is 1. The Balaban J connectivity index is 2.50. The first-order valence-electron chi connectivity index (χ1n) is 5.57. The number of primary sulfonamides is 1. The highest BCUT2D eigenvalue weighted by Crippen LogP contribution is 2.14. The Morgan fingerprint density at radius 2 is 2.10 bits per heavy atom. The van der Waals surface area contributed by atoms with Crippen LogP contribution in [0, 0.1) is 0 Å². The molecule has 0 aliphatic rings. The summed E-state index contributed by atoms with van der Waals surface area (Å²) in [6, 6.07) is 5.39. The zero-order chi connectivity index (χ0) is 15.2. The summed E-state index contributed by atoms with van der Waals surface area (Å²) >= 11 is 0. The van der Waals surface area contributed by atoms with Crippen molar-refractivity contribution in [3.63, 3.8) is 0 Å². The molecule has 9 heteroatoms. The number of hydrogen-bond acceptors (Lipinski definition) is 4. The molecule has 0 aliphatic carbocycles. The molecule has 0 bridgehead atoms. The number of hydrogen-bond donors (Lipinski definition) is 2. The highest BCUT2D eigenvalue weighted by molar-refractivity contribution is 7.89. The Kier molecular flexibility index (Phi) is 5.99. The predicted octanol–water partition coefficient (Wildman–Crippen LogP) is 0.944. The van der Waals surface area contributed by atoms with Crippen molar-refractivity contribution in [2.75, 3.05) is 18.5 Å². The van der Waals surface area contributed by atoms with E-state index in [0.29, 0.717) is 0 Å². The van der Waals surface area contributed by atoms with Gasteiger partial charge >= 0.3 is 0 Å². The normalized spacial score (nSPS) is 11.6. The maximum Gasteiger partial charge on any atom is 0.261 e. The second-order valence-electron chi connectivity index (χ2n) is 3.84. The van der Waals surface area contributed by atoms with Crippen molar-refractivity contribution in [2.24, 2.45) is 5.14 Å². The minimum atomic E-state index is -3.85. The van der Waals surface area contributed by atoms with Crippen molar-refractivity contribution in [3.8, 4) is 0 Å². The molecule has 6 nitrogen and oxygen atoms in total. The Bertz CT molecular complexity index is 563. The highest BCUT2D eigenvalue weighted by atomic mass is 32.2. The largest absolute Gasteiger partial charge is 0.375 e. The van der Waals surface area contributed by atoms with Crippen LogP contribution in [0.1, 0.15) is 6.42 Å². The van der Waals surface area contributed by atoms with Crippen LogP contribution in [-0.4, -0.2) is 34.0 Å². The van der Waals surface area contributed by atoms with Gasteiger partial charge in [0, 0.05) is 5.69 Å². The summed E-state index contributed by atoms with van der Waals surface area (Å²) in [7, 11) is -3.85. The van der Waals surface area contributed by atoms with Crippen LogP contribution < -0.4 is 10.5 Å². The Morgan fingerprint density at radius 3 is 2.70 bits per heavy atom. The molecule has 0 aliphatic heterocycles. The van der Waals surface area contributed by atoms with E-state index in [-0.39, 0.29) is 23.6 Å². The quantitative estimate of drug-likeness (QED) is 0.732. The zero-order valence-electron chi connectivity index (χ0n) is 10.4. The molecule has 0 aromatic heterocycles. The molecule has 0 radical (unpaired) electrons. The van der Waals surface area contributed by atoms with Crippen molar-refractivity contribution in [3.05, 3.63) is 24.3 Å². The smallest absolute Gasteiger partial charge is 0.261 e. The number of alkyl halides is 2. The fourth-order valence-electron chi connectivity index (χ4n) is 1.31. The second kappa shape index (κ2) is 7.27. The number of benzene rings is 1. The molecule has 3 N–H and O–H groups in total. The van der Waals surface area contributed by atoms with Gasteiger partial charge in [-0.3, -0.25) is 4.79 Å². The molecule has 0 saturated carbocycles. The second-order valence-corrected chi connectivity index (χ2v) is 5.40. The van der Waals surface area contributed by atoms with E-state index in [9.17, 15) is 22.0 Å². The molecule has 1 rings (SSSR count). The summed E-state index contributed by atoms with van der Waals surface area (Å²) in [5.41, 5.74) is 0.246. The van der Waals surface area contributed by atoms with Gasteiger partial charge in [-0.25, -0.2) is 22.3 Å². The zero-order valence-corrected chi connectivity index (χ0v) is 11.2.